The third kappa shape index (κ3) is 2.12. The summed E-state index contributed by atoms with van der Waals surface area (Å²) in [5.41, 5.74) is 1.90. The predicted molar refractivity (Wildman–Crippen MR) is 94.2 cm³/mol. The van der Waals surface area contributed by atoms with Crippen LogP contribution in [0, 0.1) is 11.8 Å². The fraction of sp³-hybridized carbons (Fsp3) is 0.316. The maximum Gasteiger partial charge on any atom is 0.168 e. The van der Waals surface area contributed by atoms with Crippen molar-refractivity contribution >= 4 is 16.9 Å². The van der Waals surface area contributed by atoms with Crippen LogP contribution >= 0.6 is 0 Å². The van der Waals surface area contributed by atoms with E-state index in [1.165, 1.54) is 12.8 Å². The zero-order valence-corrected chi connectivity index (χ0v) is 13.4. The summed E-state index contributed by atoms with van der Waals surface area (Å²) in [6.45, 7) is 2.16. The van der Waals surface area contributed by atoms with Crippen LogP contribution in [-0.4, -0.2) is 32.8 Å². The lowest BCUT2D eigenvalue weighted by atomic mass is 9.86. The van der Waals surface area contributed by atoms with Crippen molar-refractivity contribution in [3.63, 3.8) is 0 Å². The van der Waals surface area contributed by atoms with E-state index < -0.39 is 0 Å². The molecule has 0 saturated carbocycles. The van der Waals surface area contributed by atoms with Gasteiger partial charge >= 0.3 is 0 Å². The standard InChI is InChI=1S/C19H19N5/c1-2-8-16(9-3-1)24-19-17(10-22-24)18(20-13-21-19)23-11-14-6-4-5-7-15(14)12-23/h1-5,8-10,13-15H,6-7,11-12H2. The van der Waals surface area contributed by atoms with Crippen molar-refractivity contribution < 1.29 is 0 Å². The minimum Gasteiger partial charge on any atom is -0.355 e. The largest absolute Gasteiger partial charge is 0.355 e. The van der Waals surface area contributed by atoms with Gasteiger partial charge in [0.25, 0.3) is 0 Å². The minimum atomic E-state index is 0.754. The molecule has 1 aliphatic carbocycles. The van der Waals surface area contributed by atoms with E-state index in [0.29, 0.717) is 0 Å². The molecule has 1 aromatic carbocycles. The molecule has 2 unspecified atom stereocenters. The number of nitrogens with zero attached hydrogens (tertiary/aromatic N) is 5. The highest BCUT2D eigenvalue weighted by atomic mass is 15.3. The van der Waals surface area contributed by atoms with Crippen LogP contribution in [0.15, 0.2) is 55.0 Å². The number of hydrogen-bond donors (Lipinski definition) is 0. The van der Waals surface area contributed by atoms with Crippen molar-refractivity contribution in [1.29, 1.82) is 0 Å². The van der Waals surface area contributed by atoms with Gasteiger partial charge in [-0.3, -0.25) is 0 Å². The zero-order chi connectivity index (χ0) is 15.9. The molecule has 1 saturated heterocycles. The van der Waals surface area contributed by atoms with E-state index >= 15 is 0 Å². The summed E-state index contributed by atoms with van der Waals surface area (Å²) in [6, 6.07) is 10.1. The smallest absolute Gasteiger partial charge is 0.168 e. The number of para-hydroxylation sites is 1. The van der Waals surface area contributed by atoms with Gasteiger partial charge < -0.3 is 4.90 Å². The van der Waals surface area contributed by atoms with Crippen molar-refractivity contribution in [2.75, 3.05) is 18.0 Å². The molecule has 2 aromatic heterocycles. The van der Waals surface area contributed by atoms with Gasteiger partial charge in [-0.25, -0.2) is 14.6 Å². The van der Waals surface area contributed by atoms with Gasteiger partial charge in [-0.05, 0) is 36.8 Å². The van der Waals surface area contributed by atoms with E-state index in [0.717, 1.165) is 47.5 Å². The van der Waals surface area contributed by atoms with Gasteiger partial charge in [0.1, 0.15) is 12.1 Å². The fourth-order valence-corrected chi connectivity index (χ4v) is 4.03. The first-order valence-electron chi connectivity index (χ1n) is 8.54. The van der Waals surface area contributed by atoms with Crippen molar-refractivity contribution in [2.45, 2.75) is 12.8 Å². The van der Waals surface area contributed by atoms with Crippen molar-refractivity contribution in [3.05, 3.63) is 55.0 Å². The third-order valence-corrected chi connectivity index (χ3v) is 5.27. The molecule has 0 radical (unpaired) electrons. The van der Waals surface area contributed by atoms with Gasteiger partial charge in [-0.15, -0.1) is 0 Å². The van der Waals surface area contributed by atoms with Crippen LogP contribution in [0.1, 0.15) is 12.8 Å². The Hall–Kier alpha value is -2.69. The highest BCUT2D eigenvalue weighted by molar-refractivity contribution is 5.87. The number of anilines is 1. The quantitative estimate of drug-likeness (QED) is 0.681. The molecule has 5 rings (SSSR count). The SMILES string of the molecule is C1=CCC2CN(c3ncnc4c3cnn4-c3ccccc3)CC2C1. The molecule has 2 aliphatic rings. The molecule has 0 N–H and O–H groups in total. The van der Waals surface area contributed by atoms with Gasteiger partial charge in [-0.1, -0.05) is 30.4 Å². The molecule has 24 heavy (non-hydrogen) atoms. The van der Waals surface area contributed by atoms with Gasteiger partial charge in [-0.2, -0.15) is 5.10 Å². The molecular weight excluding hydrogens is 298 g/mol. The first kappa shape index (κ1) is 13.7. The van der Waals surface area contributed by atoms with Gasteiger partial charge in [0.2, 0.25) is 0 Å². The molecule has 5 nitrogen and oxygen atoms in total. The molecule has 0 amide bonds. The third-order valence-electron chi connectivity index (χ3n) is 5.27. The summed E-state index contributed by atoms with van der Waals surface area (Å²) < 4.78 is 1.89. The number of fused-ring (bicyclic) bond motifs is 2. The Bertz CT molecular complexity index is 883. The van der Waals surface area contributed by atoms with Gasteiger partial charge in [0, 0.05) is 13.1 Å². The molecule has 3 heterocycles. The summed E-state index contributed by atoms with van der Waals surface area (Å²) in [6.07, 6.45) is 10.6. The van der Waals surface area contributed by atoms with Crippen LogP contribution in [0.5, 0.6) is 0 Å². The summed E-state index contributed by atoms with van der Waals surface area (Å²) in [7, 11) is 0. The van der Waals surface area contributed by atoms with Gasteiger partial charge in [0.15, 0.2) is 5.65 Å². The number of aromatic nitrogens is 4. The average molecular weight is 317 g/mol. The van der Waals surface area contributed by atoms with Crippen LogP contribution in [0.25, 0.3) is 16.7 Å². The lowest BCUT2D eigenvalue weighted by molar-refractivity contribution is 0.411. The summed E-state index contributed by atoms with van der Waals surface area (Å²) in [4.78, 5) is 11.5. The summed E-state index contributed by atoms with van der Waals surface area (Å²) in [5, 5.41) is 5.60. The van der Waals surface area contributed by atoms with E-state index in [9.17, 15) is 0 Å². The molecule has 2 atom stereocenters. The van der Waals surface area contributed by atoms with Crippen molar-refractivity contribution in [2.24, 2.45) is 11.8 Å². The second-order valence-corrected chi connectivity index (χ2v) is 6.69. The molecule has 0 spiro atoms. The topological polar surface area (TPSA) is 46.8 Å². The van der Waals surface area contributed by atoms with E-state index in [4.69, 9.17) is 0 Å². The highest BCUT2D eigenvalue weighted by Crippen LogP contribution is 2.36. The first-order valence-corrected chi connectivity index (χ1v) is 8.54. The Morgan fingerprint density at radius 1 is 0.917 bits per heavy atom. The Balaban J connectivity index is 1.55. The predicted octanol–water partition coefficient (Wildman–Crippen LogP) is 3.22. The molecule has 120 valence electrons. The Morgan fingerprint density at radius 2 is 1.67 bits per heavy atom. The molecular formula is C19H19N5. The Morgan fingerprint density at radius 3 is 2.42 bits per heavy atom. The maximum absolute atomic E-state index is 4.59. The number of allylic oxidation sites excluding steroid dienone is 2. The first-order chi connectivity index (χ1) is 11.9. The van der Waals surface area contributed by atoms with Crippen LogP contribution < -0.4 is 4.90 Å². The number of benzene rings is 1. The van der Waals surface area contributed by atoms with Crippen LogP contribution in [0.4, 0.5) is 5.82 Å². The van der Waals surface area contributed by atoms with E-state index in [-0.39, 0.29) is 0 Å². The second-order valence-electron chi connectivity index (χ2n) is 6.69. The minimum absolute atomic E-state index is 0.754. The molecule has 0 bridgehead atoms. The van der Waals surface area contributed by atoms with Crippen LogP contribution in [-0.2, 0) is 0 Å². The molecule has 1 aliphatic heterocycles. The number of hydrogen-bond acceptors (Lipinski definition) is 4. The monoisotopic (exact) mass is 317 g/mol. The molecule has 1 fully saturated rings. The van der Waals surface area contributed by atoms with E-state index in [2.05, 4.69) is 32.1 Å². The van der Waals surface area contributed by atoms with Crippen LogP contribution in [0.2, 0.25) is 0 Å². The average Bonchev–Trinajstić information content (AvgIpc) is 3.26. The summed E-state index contributed by atoms with van der Waals surface area (Å²) in [5.74, 6) is 2.53. The molecule has 5 heteroatoms. The fourth-order valence-electron chi connectivity index (χ4n) is 4.03. The number of rotatable bonds is 2. The summed E-state index contributed by atoms with van der Waals surface area (Å²) >= 11 is 0. The molecule has 3 aromatic rings. The second kappa shape index (κ2) is 5.44. The van der Waals surface area contributed by atoms with Crippen molar-refractivity contribution in [3.8, 4) is 5.69 Å². The Labute approximate surface area is 140 Å². The van der Waals surface area contributed by atoms with Crippen molar-refractivity contribution in [1.82, 2.24) is 19.7 Å². The lowest BCUT2D eigenvalue weighted by Crippen LogP contribution is -2.21. The Kier molecular flexibility index (Phi) is 3.11. The maximum atomic E-state index is 4.59. The van der Waals surface area contributed by atoms with E-state index in [1.54, 1.807) is 6.33 Å². The van der Waals surface area contributed by atoms with Crippen LogP contribution in [0.3, 0.4) is 0 Å². The lowest BCUT2D eigenvalue weighted by Gasteiger charge is -2.17. The highest BCUT2D eigenvalue weighted by Gasteiger charge is 2.34. The van der Waals surface area contributed by atoms with E-state index in [1.807, 2.05) is 41.2 Å². The normalized spacial score (nSPS) is 22.9. The zero-order valence-electron chi connectivity index (χ0n) is 13.4. The van der Waals surface area contributed by atoms with Gasteiger partial charge in [0.05, 0.1) is 17.3 Å².